The zero-order valence-electron chi connectivity index (χ0n) is 10.7. The summed E-state index contributed by atoms with van der Waals surface area (Å²) < 4.78 is 0. The molecule has 2 amide bonds. The predicted octanol–water partition coefficient (Wildman–Crippen LogP) is -0.376. The fourth-order valence-electron chi connectivity index (χ4n) is 2.03. The van der Waals surface area contributed by atoms with Crippen LogP contribution in [-0.4, -0.2) is 36.0 Å². The van der Waals surface area contributed by atoms with Crippen LogP contribution in [0.25, 0.3) is 0 Å². The Balaban J connectivity index is 2.13. The molecule has 7 heteroatoms. The van der Waals surface area contributed by atoms with Crippen molar-refractivity contribution in [3.05, 3.63) is 29.8 Å². The summed E-state index contributed by atoms with van der Waals surface area (Å²) in [5.74, 6) is -2.19. The van der Waals surface area contributed by atoms with Crippen molar-refractivity contribution in [2.45, 2.75) is 12.5 Å². The largest absolute Gasteiger partial charge is 0.481 e. The van der Waals surface area contributed by atoms with E-state index in [9.17, 15) is 14.4 Å². The fraction of sp³-hybridized carbons (Fsp3) is 0.308. The number of carboxylic acid groups (broad SMARTS) is 1. The summed E-state index contributed by atoms with van der Waals surface area (Å²) in [5.41, 5.74) is 7.01. The molecule has 0 radical (unpaired) electrons. The van der Waals surface area contributed by atoms with E-state index in [1.165, 1.54) is 4.90 Å². The third-order valence-corrected chi connectivity index (χ3v) is 3.09. The minimum absolute atomic E-state index is 0.162. The first kappa shape index (κ1) is 14.0. The SMILES string of the molecule is NC(CC(=O)O)c1ccc(N2CCNC(=O)C2=O)cc1. The van der Waals surface area contributed by atoms with Crippen LogP contribution in [0.15, 0.2) is 24.3 Å². The third-order valence-electron chi connectivity index (χ3n) is 3.09. The lowest BCUT2D eigenvalue weighted by molar-refractivity contribution is -0.138. The lowest BCUT2D eigenvalue weighted by Gasteiger charge is -2.26. The second kappa shape index (κ2) is 5.70. The number of benzene rings is 1. The van der Waals surface area contributed by atoms with Crippen LogP contribution < -0.4 is 16.0 Å². The molecular formula is C13H15N3O4. The Morgan fingerprint density at radius 1 is 1.35 bits per heavy atom. The van der Waals surface area contributed by atoms with Gasteiger partial charge in [-0.25, -0.2) is 0 Å². The molecule has 4 N–H and O–H groups in total. The van der Waals surface area contributed by atoms with Gasteiger partial charge in [-0.05, 0) is 17.7 Å². The molecule has 7 nitrogen and oxygen atoms in total. The molecule has 2 rings (SSSR count). The maximum atomic E-state index is 11.7. The quantitative estimate of drug-likeness (QED) is 0.650. The van der Waals surface area contributed by atoms with Crippen LogP contribution in [0.2, 0.25) is 0 Å². The minimum Gasteiger partial charge on any atom is -0.481 e. The van der Waals surface area contributed by atoms with Gasteiger partial charge in [-0.1, -0.05) is 12.1 Å². The van der Waals surface area contributed by atoms with Crippen molar-refractivity contribution in [1.82, 2.24) is 5.32 Å². The Hall–Kier alpha value is -2.41. The number of carbonyl (C=O) groups excluding carboxylic acids is 2. The maximum Gasteiger partial charge on any atom is 0.316 e. The Morgan fingerprint density at radius 2 is 2.00 bits per heavy atom. The Morgan fingerprint density at radius 3 is 2.60 bits per heavy atom. The molecule has 1 heterocycles. The molecule has 0 bridgehead atoms. The van der Waals surface area contributed by atoms with E-state index >= 15 is 0 Å². The number of aliphatic carboxylic acids is 1. The average molecular weight is 277 g/mol. The minimum atomic E-state index is -0.968. The molecule has 1 atom stereocenters. The van der Waals surface area contributed by atoms with E-state index in [1.807, 2.05) is 0 Å². The second-order valence-corrected chi connectivity index (χ2v) is 4.51. The molecule has 0 aliphatic carbocycles. The number of nitrogens with two attached hydrogens (primary N) is 1. The van der Waals surface area contributed by atoms with E-state index in [0.29, 0.717) is 24.3 Å². The van der Waals surface area contributed by atoms with Gasteiger partial charge in [0.25, 0.3) is 0 Å². The lowest BCUT2D eigenvalue weighted by Crippen LogP contribution is -2.52. The van der Waals surface area contributed by atoms with Crippen LogP contribution in [0.1, 0.15) is 18.0 Å². The van der Waals surface area contributed by atoms with Crippen LogP contribution in [0, 0.1) is 0 Å². The summed E-state index contributed by atoms with van der Waals surface area (Å²) >= 11 is 0. The van der Waals surface area contributed by atoms with Crippen molar-refractivity contribution in [2.24, 2.45) is 5.73 Å². The number of hydrogen-bond donors (Lipinski definition) is 3. The van der Waals surface area contributed by atoms with Gasteiger partial charge in [-0.2, -0.15) is 0 Å². The van der Waals surface area contributed by atoms with Crippen LogP contribution in [0.3, 0.4) is 0 Å². The van der Waals surface area contributed by atoms with Gasteiger partial charge in [0.2, 0.25) is 0 Å². The molecule has 1 unspecified atom stereocenters. The molecule has 0 saturated carbocycles. The molecule has 1 aliphatic rings. The topological polar surface area (TPSA) is 113 Å². The highest BCUT2D eigenvalue weighted by molar-refractivity contribution is 6.41. The molecule has 106 valence electrons. The Bertz CT molecular complexity index is 541. The molecule has 1 aliphatic heterocycles. The van der Waals surface area contributed by atoms with E-state index in [2.05, 4.69) is 5.32 Å². The predicted molar refractivity (Wildman–Crippen MR) is 71.0 cm³/mol. The summed E-state index contributed by atoms with van der Waals surface area (Å²) in [5, 5.41) is 11.2. The number of rotatable bonds is 4. The van der Waals surface area contributed by atoms with Crippen LogP contribution in [0.5, 0.6) is 0 Å². The number of piperazine rings is 1. The van der Waals surface area contributed by atoms with Gasteiger partial charge in [0.05, 0.1) is 6.42 Å². The molecule has 1 aromatic rings. The zero-order chi connectivity index (χ0) is 14.7. The second-order valence-electron chi connectivity index (χ2n) is 4.51. The Kier molecular flexibility index (Phi) is 3.99. The van der Waals surface area contributed by atoms with Gasteiger partial charge in [0.15, 0.2) is 0 Å². The van der Waals surface area contributed by atoms with Crippen molar-refractivity contribution < 1.29 is 19.5 Å². The number of nitrogens with zero attached hydrogens (tertiary/aromatic N) is 1. The van der Waals surface area contributed by atoms with E-state index in [4.69, 9.17) is 10.8 Å². The van der Waals surface area contributed by atoms with Crippen molar-refractivity contribution in [3.8, 4) is 0 Å². The molecular weight excluding hydrogens is 262 g/mol. The van der Waals surface area contributed by atoms with Gasteiger partial charge in [0, 0.05) is 24.8 Å². The van der Waals surface area contributed by atoms with E-state index in [0.717, 1.165) is 0 Å². The van der Waals surface area contributed by atoms with E-state index in [-0.39, 0.29) is 6.42 Å². The first-order chi connectivity index (χ1) is 9.49. The first-order valence-corrected chi connectivity index (χ1v) is 6.16. The number of carbonyl (C=O) groups is 3. The number of amides is 2. The number of hydrogen-bond acceptors (Lipinski definition) is 4. The normalized spacial score (nSPS) is 16.8. The lowest BCUT2D eigenvalue weighted by atomic mass is 10.0. The van der Waals surface area contributed by atoms with Crippen molar-refractivity contribution in [3.63, 3.8) is 0 Å². The summed E-state index contributed by atoms with van der Waals surface area (Å²) in [4.78, 5) is 35.0. The summed E-state index contributed by atoms with van der Waals surface area (Å²) in [6.07, 6.45) is -0.162. The van der Waals surface area contributed by atoms with Crippen molar-refractivity contribution >= 4 is 23.5 Å². The summed E-state index contributed by atoms with van der Waals surface area (Å²) in [6, 6.07) is 6.06. The maximum absolute atomic E-state index is 11.7. The number of anilines is 1. The first-order valence-electron chi connectivity index (χ1n) is 6.16. The monoisotopic (exact) mass is 277 g/mol. The highest BCUT2D eigenvalue weighted by Crippen LogP contribution is 2.20. The highest BCUT2D eigenvalue weighted by atomic mass is 16.4. The highest BCUT2D eigenvalue weighted by Gasteiger charge is 2.27. The number of carboxylic acids is 1. The van der Waals surface area contributed by atoms with Gasteiger partial charge >= 0.3 is 17.8 Å². The third kappa shape index (κ3) is 2.94. The van der Waals surface area contributed by atoms with Crippen LogP contribution in [0.4, 0.5) is 5.69 Å². The van der Waals surface area contributed by atoms with E-state index in [1.54, 1.807) is 24.3 Å². The molecule has 1 saturated heterocycles. The Labute approximate surface area is 115 Å². The van der Waals surface area contributed by atoms with Crippen molar-refractivity contribution in [2.75, 3.05) is 18.0 Å². The van der Waals surface area contributed by atoms with Gasteiger partial charge in [-0.3, -0.25) is 14.4 Å². The van der Waals surface area contributed by atoms with Gasteiger partial charge in [0.1, 0.15) is 0 Å². The molecule has 20 heavy (non-hydrogen) atoms. The molecule has 1 fully saturated rings. The number of nitrogens with one attached hydrogen (secondary N) is 1. The van der Waals surface area contributed by atoms with Crippen LogP contribution >= 0.6 is 0 Å². The van der Waals surface area contributed by atoms with Crippen molar-refractivity contribution in [1.29, 1.82) is 0 Å². The van der Waals surface area contributed by atoms with Gasteiger partial charge < -0.3 is 21.1 Å². The van der Waals surface area contributed by atoms with Gasteiger partial charge in [-0.15, -0.1) is 0 Å². The average Bonchev–Trinajstić information content (AvgIpc) is 2.41. The molecule has 0 aromatic heterocycles. The smallest absolute Gasteiger partial charge is 0.316 e. The fourth-order valence-corrected chi connectivity index (χ4v) is 2.03. The van der Waals surface area contributed by atoms with Crippen LogP contribution in [-0.2, 0) is 14.4 Å². The summed E-state index contributed by atoms with van der Waals surface area (Å²) in [6.45, 7) is 0.815. The zero-order valence-corrected chi connectivity index (χ0v) is 10.7. The molecule has 0 spiro atoms. The molecule has 1 aromatic carbocycles. The summed E-state index contributed by atoms with van der Waals surface area (Å²) in [7, 11) is 0. The standard InChI is InChI=1S/C13H15N3O4/c14-10(7-11(17)18)8-1-3-9(4-2-8)16-6-5-15-12(19)13(16)20/h1-4,10H,5-7,14H2,(H,15,19)(H,17,18). The van der Waals surface area contributed by atoms with E-state index < -0.39 is 23.8 Å².